The maximum Gasteiger partial charge on any atom is 0.0831 e. The summed E-state index contributed by atoms with van der Waals surface area (Å²) in [4.78, 5) is 4.44. The third kappa shape index (κ3) is 1.72. The molecule has 2 heteroatoms. The molecule has 2 aliphatic rings. The van der Waals surface area contributed by atoms with Crippen molar-refractivity contribution in [3.63, 3.8) is 0 Å². The van der Waals surface area contributed by atoms with Gasteiger partial charge < -0.3 is 5.32 Å². The van der Waals surface area contributed by atoms with Crippen molar-refractivity contribution in [2.75, 3.05) is 0 Å². The van der Waals surface area contributed by atoms with Crippen molar-refractivity contribution in [1.82, 2.24) is 5.32 Å². The Labute approximate surface area is 80.8 Å². The van der Waals surface area contributed by atoms with Crippen molar-refractivity contribution in [3.05, 3.63) is 0 Å². The Bertz CT molecular complexity index is 215. The molecular weight excluding hydrogens is 160 g/mol. The van der Waals surface area contributed by atoms with Crippen LogP contribution in [-0.2, 0) is 0 Å². The molecule has 0 amide bonds. The van der Waals surface area contributed by atoms with E-state index >= 15 is 0 Å². The molecule has 0 aromatic rings. The summed E-state index contributed by atoms with van der Waals surface area (Å²) in [6.07, 6.45) is 5.83. The number of rotatable bonds is 0. The van der Waals surface area contributed by atoms with E-state index in [9.17, 15) is 0 Å². The van der Waals surface area contributed by atoms with Crippen molar-refractivity contribution < 1.29 is 0 Å². The molecule has 0 aromatic heterocycles. The van der Waals surface area contributed by atoms with Crippen molar-refractivity contribution in [3.8, 4) is 0 Å². The van der Waals surface area contributed by atoms with Gasteiger partial charge in [0, 0.05) is 6.04 Å². The Kier molecular flexibility index (Phi) is 2.09. The molecule has 0 bridgehead atoms. The first-order valence-corrected chi connectivity index (χ1v) is 5.35. The fourth-order valence-corrected chi connectivity index (χ4v) is 2.53. The molecule has 1 fully saturated rings. The average Bonchev–Trinajstić information content (AvgIpc) is 2.47. The van der Waals surface area contributed by atoms with Gasteiger partial charge in [-0.3, -0.25) is 4.99 Å². The van der Waals surface area contributed by atoms with E-state index < -0.39 is 0 Å². The maximum absolute atomic E-state index is 4.44. The molecule has 1 aliphatic heterocycles. The third-order valence-electron chi connectivity index (χ3n) is 3.59. The molecule has 3 unspecified atom stereocenters. The second-order valence-electron chi connectivity index (χ2n) is 5.49. The average molecular weight is 180 g/mol. The highest BCUT2D eigenvalue weighted by Gasteiger charge is 2.36. The Balaban J connectivity index is 1.99. The van der Waals surface area contributed by atoms with Crippen molar-refractivity contribution in [1.29, 1.82) is 0 Å². The normalized spacial score (nSPS) is 38.5. The molecule has 3 atom stereocenters. The van der Waals surface area contributed by atoms with Crippen LogP contribution in [0.25, 0.3) is 0 Å². The smallest absolute Gasteiger partial charge is 0.0831 e. The lowest BCUT2D eigenvalue weighted by atomic mass is 9.70. The zero-order chi connectivity index (χ0) is 9.47. The van der Waals surface area contributed by atoms with E-state index in [1.807, 2.05) is 6.34 Å². The van der Waals surface area contributed by atoms with Crippen molar-refractivity contribution in [2.45, 2.75) is 52.1 Å². The van der Waals surface area contributed by atoms with Gasteiger partial charge in [0.15, 0.2) is 0 Å². The van der Waals surface area contributed by atoms with Gasteiger partial charge in [-0.25, -0.2) is 0 Å². The van der Waals surface area contributed by atoms with Crippen LogP contribution in [-0.4, -0.2) is 18.4 Å². The van der Waals surface area contributed by atoms with Gasteiger partial charge in [-0.15, -0.1) is 0 Å². The minimum atomic E-state index is 0.467. The second kappa shape index (κ2) is 3.00. The summed E-state index contributed by atoms with van der Waals surface area (Å²) in [7, 11) is 0. The van der Waals surface area contributed by atoms with E-state index in [1.165, 1.54) is 19.3 Å². The Morgan fingerprint density at radius 1 is 1.31 bits per heavy atom. The third-order valence-corrected chi connectivity index (χ3v) is 3.59. The van der Waals surface area contributed by atoms with E-state index in [-0.39, 0.29) is 0 Å². The van der Waals surface area contributed by atoms with Gasteiger partial charge in [0.2, 0.25) is 0 Å². The number of fused-ring (bicyclic) bond motifs is 1. The summed E-state index contributed by atoms with van der Waals surface area (Å²) < 4.78 is 0. The lowest BCUT2D eigenvalue weighted by molar-refractivity contribution is 0.154. The summed E-state index contributed by atoms with van der Waals surface area (Å²) in [6, 6.07) is 1.22. The number of nitrogens with zero attached hydrogens (tertiary/aromatic N) is 1. The minimum absolute atomic E-state index is 0.467. The monoisotopic (exact) mass is 180 g/mol. The first kappa shape index (κ1) is 9.04. The molecular formula is C11H20N2. The summed E-state index contributed by atoms with van der Waals surface area (Å²) in [5.74, 6) is 0.864. The Morgan fingerprint density at radius 3 is 2.77 bits per heavy atom. The SMILES string of the molecule is CC(C)(C)C1CCC2N=CNC2C1. The number of nitrogens with one attached hydrogen (secondary N) is 1. The minimum Gasteiger partial charge on any atom is -0.372 e. The topological polar surface area (TPSA) is 24.4 Å². The summed E-state index contributed by atoms with van der Waals surface area (Å²) >= 11 is 0. The number of hydrogen-bond acceptors (Lipinski definition) is 2. The van der Waals surface area contributed by atoms with Crippen LogP contribution in [0.4, 0.5) is 0 Å². The first-order valence-electron chi connectivity index (χ1n) is 5.35. The molecule has 0 saturated heterocycles. The molecule has 0 radical (unpaired) electrons. The molecule has 0 aromatic carbocycles. The van der Waals surface area contributed by atoms with Crippen LogP contribution < -0.4 is 5.32 Å². The Hall–Kier alpha value is -0.530. The highest BCUT2D eigenvalue weighted by molar-refractivity contribution is 5.58. The zero-order valence-electron chi connectivity index (χ0n) is 8.88. The summed E-state index contributed by atoms with van der Waals surface area (Å²) in [5, 5.41) is 3.37. The second-order valence-corrected chi connectivity index (χ2v) is 5.49. The molecule has 0 spiro atoms. The molecule has 1 saturated carbocycles. The van der Waals surface area contributed by atoms with Crippen LogP contribution >= 0.6 is 0 Å². The first-order chi connectivity index (χ1) is 6.07. The quantitative estimate of drug-likeness (QED) is 0.607. The molecule has 1 heterocycles. The van der Waals surface area contributed by atoms with Gasteiger partial charge in [-0.05, 0) is 30.6 Å². The van der Waals surface area contributed by atoms with Crippen LogP contribution in [0.3, 0.4) is 0 Å². The summed E-state index contributed by atoms with van der Waals surface area (Å²) in [5.41, 5.74) is 0.467. The molecule has 13 heavy (non-hydrogen) atoms. The summed E-state index contributed by atoms with van der Waals surface area (Å²) in [6.45, 7) is 7.06. The van der Waals surface area contributed by atoms with Gasteiger partial charge in [0.25, 0.3) is 0 Å². The van der Waals surface area contributed by atoms with Crippen LogP contribution in [0.2, 0.25) is 0 Å². The van der Waals surface area contributed by atoms with Crippen molar-refractivity contribution >= 4 is 6.34 Å². The van der Waals surface area contributed by atoms with Crippen LogP contribution in [0, 0.1) is 11.3 Å². The highest BCUT2D eigenvalue weighted by Crippen LogP contribution is 2.39. The van der Waals surface area contributed by atoms with Gasteiger partial charge in [0.05, 0.1) is 12.4 Å². The van der Waals surface area contributed by atoms with Crippen LogP contribution in [0.5, 0.6) is 0 Å². The Morgan fingerprint density at radius 2 is 2.08 bits per heavy atom. The fraction of sp³-hybridized carbons (Fsp3) is 0.909. The van der Waals surface area contributed by atoms with E-state index in [0.29, 0.717) is 17.5 Å². The fourth-order valence-electron chi connectivity index (χ4n) is 2.53. The molecule has 74 valence electrons. The number of hydrogen-bond donors (Lipinski definition) is 1. The molecule has 2 rings (SSSR count). The highest BCUT2D eigenvalue weighted by atomic mass is 15.1. The maximum atomic E-state index is 4.44. The lowest BCUT2D eigenvalue weighted by Crippen LogP contribution is -2.41. The van der Waals surface area contributed by atoms with Gasteiger partial charge in [-0.1, -0.05) is 20.8 Å². The largest absolute Gasteiger partial charge is 0.372 e. The van der Waals surface area contributed by atoms with Gasteiger partial charge >= 0.3 is 0 Å². The van der Waals surface area contributed by atoms with Crippen LogP contribution in [0.15, 0.2) is 4.99 Å². The molecule has 2 nitrogen and oxygen atoms in total. The predicted molar refractivity (Wildman–Crippen MR) is 56.0 cm³/mol. The van der Waals surface area contributed by atoms with E-state index in [4.69, 9.17) is 0 Å². The van der Waals surface area contributed by atoms with Crippen molar-refractivity contribution in [2.24, 2.45) is 16.3 Å². The number of aliphatic imine (C=N–C) groups is 1. The van der Waals surface area contributed by atoms with E-state index in [1.54, 1.807) is 0 Å². The van der Waals surface area contributed by atoms with E-state index in [0.717, 1.165) is 5.92 Å². The predicted octanol–water partition coefficient (Wildman–Crippen LogP) is 2.20. The van der Waals surface area contributed by atoms with Crippen LogP contribution in [0.1, 0.15) is 40.0 Å². The van der Waals surface area contributed by atoms with Gasteiger partial charge in [0.1, 0.15) is 0 Å². The zero-order valence-corrected chi connectivity index (χ0v) is 8.88. The molecule has 1 aliphatic carbocycles. The lowest BCUT2D eigenvalue weighted by Gasteiger charge is -2.38. The van der Waals surface area contributed by atoms with E-state index in [2.05, 4.69) is 31.1 Å². The standard InChI is InChI=1S/C11H20N2/c1-11(2,3)8-4-5-9-10(6-8)13-7-12-9/h7-10H,4-6H2,1-3H3,(H,12,13). The van der Waals surface area contributed by atoms with Gasteiger partial charge in [-0.2, -0.15) is 0 Å². The molecule has 1 N–H and O–H groups in total.